The third-order valence-corrected chi connectivity index (χ3v) is 11.3. The summed E-state index contributed by atoms with van der Waals surface area (Å²) in [4.78, 5) is 23.5. The molecule has 9 heteroatoms. The first-order valence-electron chi connectivity index (χ1n) is 13.8. The van der Waals surface area contributed by atoms with Crippen LogP contribution in [0.4, 0.5) is 16.0 Å². The van der Waals surface area contributed by atoms with Crippen LogP contribution >= 0.6 is 7.14 Å². The maximum Gasteiger partial charge on any atom is 0.258 e. The third-order valence-electron chi connectivity index (χ3n) is 8.18. The Bertz CT molecular complexity index is 1900. The van der Waals surface area contributed by atoms with Crippen LogP contribution in [-0.4, -0.2) is 51.4 Å². The molecular weight excluding hydrogens is 536 g/mol. The summed E-state index contributed by atoms with van der Waals surface area (Å²) in [5.74, 6) is 0.280. The molecule has 0 aliphatic carbocycles. The lowest BCUT2D eigenvalue weighted by Gasteiger charge is -2.31. The van der Waals surface area contributed by atoms with Crippen molar-refractivity contribution in [3.8, 4) is 0 Å². The number of H-pyrrole nitrogens is 1. The summed E-state index contributed by atoms with van der Waals surface area (Å²) in [6.07, 6.45) is 5.42. The fourth-order valence-electron chi connectivity index (χ4n) is 5.73. The summed E-state index contributed by atoms with van der Waals surface area (Å²) in [6.45, 7) is 6.15. The van der Waals surface area contributed by atoms with E-state index in [1.54, 1.807) is 6.07 Å². The lowest BCUT2D eigenvalue weighted by molar-refractivity contribution is 0.328. The van der Waals surface area contributed by atoms with Crippen molar-refractivity contribution in [3.63, 3.8) is 0 Å². The maximum absolute atomic E-state index is 13.6. The van der Waals surface area contributed by atoms with Crippen LogP contribution in [0.15, 0.2) is 71.5 Å². The Balaban J connectivity index is 1.23. The van der Waals surface area contributed by atoms with E-state index in [1.807, 2.05) is 74.0 Å². The van der Waals surface area contributed by atoms with Gasteiger partial charge in [-0.3, -0.25) is 9.69 Å². The predicted octanol–water partition coefficient (Wildman–Crippen LogP) is 5.93. The van der Waals surface area contributed by atoms with E-state index in [4.69, 9.17) is 4.98 Å². The molecule has 0 radical (unpaired) electrons. The normalized spacial score (nSPS) is 15.7. The molecule has 3 heterocycles. The number of rotatable bonds is 6. The van der Waals surface area contributed by atoms with Gasteiger partial charge in [0.05, 0.1) is 16.4 Å². The Morgan fingerprint density at radius 1 is 1.07 bits per heavy atom. The number of hydrogen-bond donors (Lipinski definition) is 2. The number of benzene rings is 3. The van der Waals surface area contributed by atoms with Gasteiger partial charge in [-0.1, -0.05) is 42.5 Å². The van der Waals surface area contributed by atoms with E-state index in [2.05, 4.69) is 21.3 Å². The van der Waals surface area contributed by atoms with E-state index in [9.17, 15) is 13.8 Å². The number of aromatic amines is 1. The summed E-state index contributed by atoms with van der Waals surface area (Å²) in [5, 5.41) is 5.72. The molecule has 5 aromatic rings. The van der Waals surface area contributed by atoms with Crippen molar-refractivity contribution < 1.29 is 8.96 Å². The highest BCUT2D eigenvalue weighted by molar-refractivity contribution is 7.71. The second kappa shape index (κ2) is 10.8. The van der Waals surface area contributed by atoms with Crippen LogP contribution in [0.2, 0.25) is 0 Å². The summed E-state index contributed by atoms with van der Waals surface area (Å²) < 4.78 is 28.9. The molecule has 0 bridgehead atoms. The Hall–Kier alpha value is -4.00. The Morgan fingerprint density at radius 2 is 1.83 bits per heavy atom. The van der Waals surface area contributed by atoms with Gasteiger partial charge in [0.2, 0.25) is 5.95 Å². The SMILES string of the molecule is Cc1cc(F)ccc1Nc1nc2ccc3c(C)c(/C=C\CN4CCP(=O)(c5ccccc5)CC4)[nH]c(=O)c3c2n1C. The quantitative estimate of drug-likeness (QED) is 0.248. The van der Waals surface area contributed by atoms with Crippen LogP contribution in [0.1, 0.15) is 16.8 Å². The van der Waals surface area contributed by atoms with E-state index >= 15 is 0 Å². The van der Waals surface area contributed by atoms with E-state index in [-0.39, 0.29) is 11.4 Å². The first-order chi connectivity index (χ1) is 19.7. The molecule has 1 aliphatic heterocycles. The van der Waals surface area contributed by atoms with Crippen LogP contribution in [-0.2, 0) is 11.6 Å². The summed E-state index contributed by atoms with van der Waals surface area (Å²) >= 11 is 0. The fourth-order valence-corrected chi connectivity index (χ4v) is 8.39. The molecule has 210 valence electrons. The number of aryl methyl sites for hydroxylation is 3. The standard InChI is InChI=1S/C32H33FN5O2P/c1-21-20-23(33)11-13-26(21)35-32-36-28-14-12-25-22(2)27(34-31(39)29(25)30(28)37(32)3)10-7-15-38-16-18-41(40,19-17-38)24-8-5-4-6-9-24/h4-14,20H,15-19H2,1-3H3,(H,34,39)(H,35,36)/b10-7-. The highest BCUT2D eigenvalue weighted by Gasteiger charge is 2.29. The van der Waals surface area contributed by atoms with Gasteiger partial charge < -0.3 is 19.4 Å². The van der Waals surface area contributed by atoms with Gasteiger partial charge in [0.1, 0.15) is 13.0 Å². The average Bonchev–Trinajstić information content (AvgIpc) is 3.29. The largest absolute Gasteiger partial charge is 0.325 e. The van der Waals surface area contributed by atoms with E-state index in [1.165, 1.54) is 12.1 Å². The van der Waals surface area contributed by atoms with Gasteiger partial charge in [0, 0.05) is 55.7 Å². The second-order valence-corrected chi connectivity index (χ2v) is 14.0. The van der Waals surface area contributed by atoms with Crippen LogP contribution in [0.5, 0.6) is 0 Å². The number of halogens is 1. The Morgan fingerprint density at radius 3 is 2.56 bits per heavy atom. The van der Waals surface area contributed by atoms with Crippen molar-refractivity contribution in [3.05, 3.63) is 99.7 Å². The topological polar surface area (TPSA) is 83.0 Å². The van der Waals surface area contributed by atoms with Gasteiger partial charge in [-0.25, -0.2) is 9.37 Å². The molecule has 41 heavy (non-hydrogen) atoms. The van der Waals surface area contributed by atoms with Crippen LogP contribution in [0.25, 0.3) is 27.9 Å². The van der Waals surface area contributed by atoms with Gasteiger partial charge in [0.25, 0.3) is 5.56 Å². The molecule has 1 aliphatic rings. The van der Waals surface area contributed by atoms with Crippen molar-refractivity contribution in [2.45, 2.75) is 13.8 Å². The first-order valence-corrected chi connectivity index (χ1v) is 15.9. The number of fused-ring (bicyclic) bond motifs is 3. The molecule has 7 nitrogen and oxygen atoms in total. The third kappa shape index (κ3) is 5.14. The van der Waals surface area contributed by atoms with Gasteiger partial charge in [-0.2, -0.15) is 0 Å². The Labute approximate surface area is 238 Å². The Kier molecular flexibility index (Phi) is 7.14. The van der Waals surface area contributed by atoms with E-state index < -0.39 is 7.14 Å². The van der Waals surface area contributed by atoms with E-state index in [0.717, 1.165) is 58.3 Å². The zero-order chi connectivity index (χ0) is 28.7. The minimum Gasteiger partial charge on any atom is -0.325 e. The first kappa shape index (κ1) is 27.2. The molecule has 0 atom stereocenters. The maximum atomic E-state index is 13.6. The molecule has 0 spiro atoms. The van der Waals surface area contributed by atoms with Gasteiger partial charge in [0.15, 0.2) is 0 Å². The highest BCUT2D eigenvalue weighted by atomic mass is 31.2. The zero-order valence-corrected chi connectivity index (χ0v) is 24.3. The van der Waals surface area contributed by atoms with Crippen molar-refractivity contribution in [2.24, 2.45) is 7.05 Å². The molecule has 0 saturated carbocycles. The van der Waals surface area contributed by atoms with Gasteiger partial charge in [-0.15, -0.1) is 0 Å². The van der Waals surface area contributed by atoms with Crippen molar-refractivity contribution in [1.29, 1.82) is 0 Å². The van der Waals surface area contributed by atoms with Crippen molar-refractivity contribution in [2.75, 3.05) is 37.3 Å². The fraction of sp³-hybridized carbons (Fsp3) is 0.250. The predicted molar refractivity (Wildman–Crippen MR) is 167 cm³/mol. The smallest absolute Gasteiger partial charge is 0.258 e. The highest BCUT2D eigenvalue weighted by Crippen LogP contribution is 2.46. The van der Waals surface area contributed by atoms with Crippen LogP contribution in [0, 0.1) is 19.7 Å². The van der Waals surface area contributed by atoms with Crippen molar-refractivity contribution in [1.82, 2.24) is 19.4 Å². The molecule has 1 saturated heterocycles. The lowest BCUT2D eigenvalue weighted by atomic mass is 10.0. The molecule has 0 amide bonds. The molecule has 0 unspecified atom stereocenters. The molecule has 1 fully saturated rings. The minimum atomic E-state index is -2.32. The van der Waals surface area contributed by atoms with Gasteiger partial charge >= 0.3 is 0 Å². The molecular formula is C32H33FN5O2P. The van der Waals surface area contributed by atoms with Gasteiger partial charge in [-0.05, 0) is 60.7 Å². The number of imidazole rings is 1. The second-order valence-electron chi connectivity index (χ2n) is 10.8. The molecule has 2 N–H and O–H groups in total. The van der Waals surface area contributed by atoms with Crippen LogP contribution in [0.3, 0.4) is 0 Å². The molecule has 3 aromatic carbocycles. The monoisotopic (exact) mass is 569 g/mol. The summed E-state index contributed by atoms with van der Waals surface area (Å²) in [6, 6.07) is 18.3. The molecule has 2 aromatic heterocycles. The number of pyridine rings is 1. The number of nitrogens with one attached hydrogen (secondary N) is 2. The lowest BCUT2D eigenvalue weighted by Crippen LogP contribution is -2.37. The minimum absolute atomic E-state index is 0.176. The molecule has 6 rings (SSSR count). The average molecular weight is 570 g/mol. The number of nitrogens with zero attached hydrogens (tertiary/aromatic N) is 3. The number of hydrogen-bond acceptors (Lipinski definition) is 5. The van der Waals surface area contributed by atoms with E-state index in [0.29, 0.717) is 29.2 Å². The number of anilines is 2. The zero-order valence-electron chi connectivity index (χ0n) is 23.4. The van der Waals surface area contributed by atoms with Crippen LogP contribution < -0.4 is 16.2 Å². The number of aromatic nitrogens is 3. The van der Waals surface area contributed by atoms with Crippen molar-refractivity contribution >= 4 is 52.0 Å². The summed E-state index contributed by atoms with van der Waals surface area (Å²) in [5.41, 5.74) is 4.54. The summed E-state index contributed by atoms with van der Waals surface area (Å²) in [7, 11) is -0.453.